The Morgan fingerprint density at radius 2 is 1.70 bits per heavy atom. The number of carbonyl (C=O) groups is 2. The fraction of sp³-hybridized carbons (Fsp3) is 0.364. The van der Waals surface area contributed by atoms with Crippen molar-refractivity contribution in [2.75, 3.05) is 39.2 Å². The third-order valence-electron chi connectivity index (χ3n) is 4.69. The van der Waals surface area contributed by atoms with Gasteiger partial charge in [0.25, 0.3) is 5.91 Å². The minimum atomic E-state index is -0.977. The van der Waals surface area contributed by atoms with Crippen LogP contribution in [0.2, 0.25) is 0 Å². The van der Waals surface area contributed by atoms with Crippen molar-refractivity contribution in [2.45, 2.75) is 20.0 Å². The Kier molecular flexibility index (Phi) is 8.49. The molecule has 0 spiro atoms. The molecule has 1 atom stereocenters. The SMILES string of the molecule is CCN(CC)C(=O)c1ccc(NC(=O)NCC(O)c2cc(OC)ccc2OC)cc1. The van der Waals surface area contributed by atoms with Gasteiger partial charge in [-0.3, -0.25) is 4.79 Å². The molecule has 162 valence electrons. The van der Waals surface area contributed by atoms with Gasteiger partial charge in [-0.1, -0.05) is 0 Å². The monoisotopic (exact) mass is 415 g/mol. The molecule has 2 aromatic rings. The second kappa shape index (κ2) is 11.1. The van der Waals surface area contributed by atoms with Crippen LogP contribution in [0, 0.1) is 0 Å². The van der Waals surface area contributed by atoms with E-state index in [1.54, 1.807) is 47.4 Å². The van der Waals surface area contributed by atoms with E-state index in [0.29, 0.717) is 41.4 Å². The average molecular weight is 415 g/mol. The van der Waals surface area contributed by atoms with E-state index in [0.717, 1.165) is 0 Å². The van der Waals surface area contributed by atoms with E-state index in [2.05, 4.69) is 10.6 Å². The molecule has 0 aliphatic heterocycles. The number of methoxy groups -OCH3 is 2. The number of carbonyl (C=O) groups excluding carboxylic acids is 2. The molecule has 0 bridgehead atoms. The van der Waals surface area contributed by atoms with E-state index < -0.39 is 12.1 Å². The lowest BCUT2D eigenvalue weighted by Crippen LogP contribution is -2.32. The molecule has 8 heteroatoms. The molecule has 0 aliphatic rings. The van der Waals surface area contributed by atoms with E-state index in [9.17, 15) is 14.7 Å². The molecule has 3 amide bonds. The number of aliphatic hydroxyl groups is 1. The fourth-order valence-corrected chi connectivity index (χ4v) is 2.96. The van der Waals surface area contributed by atoms with Gasteiger partial charge < -0.3 is 30.1 Å². The highest BCUT2D eigenvalue weighted by Crippen LogP contribution is 2.29. The lowest BCUT2D eigenvalue weighted by atomic mass is 10.1. The molecule has 0 saturated heterocycles. The van der Waals surface area contributed by atoms with Crippen molar-refractivity contribution >= 4 is 17.6 Å². The van der Waals surface area contributed by atoms with E-state index in [1.807, 2.05) is 13.8 Å². The quantitative estimate of drug-likeness (QED) is 0.585. The molecule has 3 N–H and O–H groups in total. The van der Waals surface area contributed by atoms with Crippen LogP contribution in [-0.2, 0) is 0 Å². The number of rotatable bonds is 9. The molecular weight excluding hydrogens is 386 g/mol. The summed E-state index contributed by atoms with van der Waals surface area (Å²) in [7, 11) is 3.04. The van der Waals surface area contributed by atoms with Crippen molar-refractivity contribution < 1.29 is 24.2 Å². The number of nitrogens with zero attached hydrogens (tertiary/aromatic N) is 1. The number of urea groups is 1. The first-order chi connectivity index (χ1) is 14.4. The highest BCUT2D eigenvalue weighted by molar-refractivity contribution is 5.95. The van der Waals surface area contributed by atoms with Gasteiger partial charge in [0.1, 0.15) is 17.6 Å². The Balaban J connectivity index is 1.94. The van der Waals surface area contributed by atoms with Crippen LogP contribution in [-0.4, -0.2) is 55.8 Å². The van der Waals surface area contributed by atoms with Gasteiger partial charge in [-0.25, -0.2) is 4.79 Å². The number of amides is 3. The zero-order valence-electron chi connectivity index (χ0n) is 17.8. The molecule has 0 aromatic heterocycles. The van der Waals surface area contributed by atoms with E-state index in [1.165, 1.54) is 14.2 Å². The number of benzene rings is 2. The van der Waals surface area contributed by atoms with Crippen molar-refractivity contribution in [1.82, 2.24) is 10.2 Å². The van der Waals surface area contributed by atoms with Crippen molar-refractivity contribution in [3.05, 3.63) is 53.6 Å². The molecule has 0 heterocycles. The summed E-state index contributed by atoms with van der Waals surface area (Å²) < 4.78 is 10.4. The Morgan fingerprint density at radius 3 is 2.27 bits per heavy atom. The van der Waals surface area contributed by atoms with Crippen LogP contribution >= 0.6 is 0 Å². The summed E-state index contributed by atoms with van der Waals surface area (Å²) in [6, 6.07) is 11.3. The average Bonchev–Trinajstić information content (AvgIpc) is 2.78. The van der Waals surface area contributed by atoms with Gasteiger partial charge in [-0.05, 0) is 56.3 Å². The standard InChI is InChI=1S/C22H29N3O5/c1-5-25(6-2)21(27)15-7-9-16(10-8-15)24-22(28)23-14-19(26)18-13-17(29-3)11-12-20(18)30-4/h7-13,19,26H,5-6,14H2,1-4H3,(H2,23,24,28). The first-order valence-corrected chi connectivity index (χ1v) is 9.77. The maximum Gasteiger partial charge on any atom is 0.319 e. The number of anilines is 1. The Bertz CT molecular complexity index is 850. The summed E-state index contributed by atoms with van der Waals surface area (Å²) in [5.41, 5.74) is 1.61. The Morgan fingerprint density at radius 1 is 1.03 bits per heavy atom. The lowest BCUT2D eigenvalue weighted by Gasteiger charge is -2.19. The second-order valence-electron chi connectivity index (χ2n) is 6.51. The minimum absolute atomic E-state index is 0.0199. The van der Waals surface area contributed by atoms with E-state index in [4.69, 9.17) is 9.47 Å². The molecule has 0 fully saturated rings. The van der Waals surface area contributed by atoms with Gasteiger partial charge >= 0.3 is 6.03 Å². The van der Waals surface area contributed by atoms with Gasteiger partial charge in [0.15, 0.2) is 0 Å². The zero-order valence-corrected chi connectivity index (χ0v) is 17.8. The van der Waals surface area contributed by atoms with Gasteiger partial charge in [0, 0.05) is 36.4 Å². The highest BCUT2D eigenvalue weighted by Gasteiger charge is 2.16. The summed E-state index contributed by atoms with van der Waals surface area (Å²) in [6.07, 6.45) is -0.977. The zero-order chi connectivity index (χ0) is 22.1. The number of nitrogens with one attached hydrogen (secondary N) is 2. The first kappa shape index (κ1) is 23.0. The molecule has 0 aliphatic carbocycles. The summed E-state index contributed by atoms with van der Waals surface area (Å²) in [4.78, 5) is 26.2. The maximum atomic E-state index is 12.3. The van der Waals surface area contributed by atoms with Crippen molar-refractivity contribution in [3.63, 3.8) is 0 Å². The number of hydrogen-bond acceptors (Lipinski definition) is 5. The lowest BCUT2D eigenvalue weighted by molar-refractivity contribution is 0.0773. The van der Waals surface area contributed by atoms with Crippen LogP contribution in [0.1, 0.15) is 35.9 Å². The third kappa shape index (κ3) is 5.87. The predicted octanol–water partition coefficient (Wildman–Crippen LogP) is 3.04. The normalized spacial score (nSPS) is 11.4. The second-order valence-corrected chi connectivity index (χ2v) is 6.51. The molecule has 0 saturated carbocycles. The summed E-state index contributed by atoms with van der Waals surface area (Å²) >= 11 is 0. The van der Waals surface area contributed by atoms with Gasteiger partial charge in [0.05, 0.1) is 14.2 Å². The van der Waals surface area contributed by atoms with Crippen LogP contribution in [0.4, 0.5) is 10.5 Å². The predicted molar refractivity (Wildman–Crippen MR) is 115 cm³/mol. The van der Waals surface area contributed by atoms with Gasteiger partial charge in [0.2, 0.25) is 0 Å². The van der Waals surface area contributed by atoms with E-state index >= 15 is 0 Å². The smallest absolute Gasteiger partial charge is 0.319 e. The Labute approximate surface area is 176 Å². The molecular formula is C22H29N3O5. The molecule has 30 heavy (non-hydrogen) atoms. The molecule has 8 nitrogen and oxygen atoms in total. The topological polar surface area (TPSA) is 100 Å². The molecule has 1 unspecified atom stereocenters. The van der Waals surface area contributed by atoms with Crippen molar-refractivity contribution in [2.24, 2.45) is 0 Å². The largest absolute Gasteiger partial charge is 0.497 e. The van der Waals surface area contributed by atoms with E-state index in [-0.39, 0.29) is 12.5 Å². The van der Waals surface area contributed by atoms with Crippen LogP contribution in [0.25, 0.3) is 0 Å². The van der Waals surface area contributed by atoms with Crippen LogP contribution in [0.3, 0.4) is 0 Å². The van der Waals surface area contributed by atoms with Crippen LogP contribution < -0.4 is 20.1 Å². The Hall–Kier alpha value is -3.26. The van der Waals surface area contributed by atoms with Crippen molar-refractivity contribution in [1.29, 1.82) is 0 Å². The minimum Gasteiger partial charge on any atom is -0.497 e. The molecule has 2 aromatic carbocycles. The van der Waals surface area contributed by atoms with Crippen LogP contribution in [0.15, 0.2) is 42.5 Å². The first-order valence-electron chi connectivity index (χ1n) is 9.77. The third-order valence-corrected chi connectivity index (χ3v) is 4.69. The summed E-state index contributed by atoms with van der Waals surface area (Å²) in [5, 5.41) is 15.7. The van der Waals surface area contributed by atoms with Gasteiger partial charge in [-0.2, -0.15) is 0 Å². The number of ether oxygens (including phenoxy) is 2. The summed E-state index contributed by atoms with van der Waals surface area (Å²) in [5.74, 6) is 1.03. The summed E-state index contributed by atoms with van der Waals surface area (Å²) in [6.45, 7) is 5.11. The fourth-order valence-electron chi connectivity index (χ4n) is 2.96. The van der Waals surface area contributed by atoms with Gasteiger partial charge in [-0.15, -0.1) is 0 Å². The van der Waals surface area contributed by atoms with Crippen molar-refractivity contribution in [3.8, 4) is 11.5 Å². The highest BCUT2D eigenvalue weighted by atomic mass is 16.5. The maximum absolute atomic E-state index is 12.3. The number of aliphatic hydroxyl groups excluding tert-OH is 1. The molecule has 0 radical (unpaired) electrons. The number of hydrogen-bond donors (Lipinski definition) is 3. The molecule has 2 rings (SSSR count). The van der Waals surface area contributed by atoms with Crippen LogP contribution in [0.5, 0.6) is 11.5 Å².